The number of nitrogens with zero attached hydrogens (tertiary/aromatic N) is 3. The van der Waals surface area contributed by atoms with E-state index in [0.717, 1.165) is 0 Å². The summed E-state index contributed by atoms with van der Waals surface area (Å²) in [5, 5.41) is 0.459. The number of aromatic nitrogens is 2. The topological polar surface area (TPSA) is 55.3 Å². The van der Waals surface area contributed by atoms with Crippen LogP contribution in [-0.2, 0) is 6.54 Å². The molecule has 2 heterocycles. The van der Waals surface area contributed by atoms with E-state index in [1.165, 1.54) is 23.5 Å². The fraction of sp³-hybridized carbons (Fsp3) is 0.0385. The minimum atomic E-state index is -0.345. The van der Waals surface area contributed by atoms with Gasteiger partial charge < -0.3 is 4.74 Å². The number of carbonyl (C=O) groups excluding carboxylic acids is 1. The molecule has 0 saturated carbocycles. The van der Waals surface area contributed by atoms with Gasteiger partial charge in [-0.3, -0.25) is 14.7 Å². The maximum Gasteiger partial charge on any atom is 0.264 e. The lowest BCUT2D eigenvalue weighted by molar-refractivity contribution is 0.0982. The molecule has 162 valence electrons. The van der Waals surface area contributed by atoms with E-state index in [-0.39, 0.29) is 18.3 Å². The molecule has 1 amide bonds. The van der Waals surface area contributed by atoms with Crippen LogP contribution >= 0.6 is 11.3 Å². The Morgan fingerprint density at radius 1 is 0.939 bits per heavy atom. The van der Waals surface area contributed by atoms with Crippen LogP contribution in [0.15, 0.2) is 97.2 Å². The van der Waals surface area contributed by atoms with Crippen molar-refractivity contribution in [3.05, 3.63) is 114 Å². The van der Waals surface area contributed by atoms with Crippen molar-refractivity contribution in [1.29, 1.82) is 0 Å². The summed E-state index contributed by atoms with van der Waals surface area (Å²) in [7, 11) is 0. The molecular formula is C26H18FN3O2S. The van der Waals surface area contributed by atoms with Crippen molar-refractivity contribution in [3.8, 4) is 11.5 Å². The van der Waals surface area contributed by atoms with Crippen molar-refractivity contribution in [2.75, 3.05) is 4.90 Å². The summed E-state index contributed by atoms with van der Waals surface area (Å²) in [5.41, 5.74) is 1.73. The molecule has 0 N–H and O–H groups in total. The van der Waals surface area contributed by atoms with Crippen LogP contribution in [0, 0.1) is 5.82 Å². The zero-order valence-corrected chi connectivity index (χ0v) is 18.2. The van der Waals surface area contributed by atoms with Gasteiger partial charge in [-0.1, -0.05) is 47.7 Å². The third-order valence-corrected chi connectivity index (χ3v) is 5.99. The van der Waals surface area contributed by atoms with Crippen molar-refractivity contribution in [1.82, 2.24) is 9.97 Å². The van der Waals surface area contributed by atoms with Crippen molar-refractivity contribution in [2.24, 2.45) is 0 Å². The largest absolute Gasteiger partial charge is 0.457 e. The van der Waals surface area contributed by atoms with Gasteiger partial charge >= 0.3 is 0 Å². The molecule has 0 aliphatic rings. The van der Waals surface area contributed by atoms with Gasteiger partial charge in [0.15, 0.2) is 5.13 Å². The Morgan fingerprint density at radius 2 is 1.73 bits per heavy atom. The van der Waals surface area contributed by atoms with Crippen LogP contribution in [0.2, 0.25) is 0 Å². The summed E-state index contributed by atoms with van der Waals surface area (Å²) in [6.45, 7) is 0.210. The Bertz CT molecular complexity index is 1410. The quantitative estimate of drug-likeness (QED) is 0.294. The number of ether oxygens (including phenoxy) is 1. The van der Waals surface area contributed by atoms with E-state index in [0.29, 0.717) is 38.1 Å². The van der Waals surface area contributed by atoms with Gasteiger partial charge in [0.2, 0.25) is 0 Å². The first-order chi connectivity index (χ1) is 16.2. The highest BCUT2D eigenvalue weighted by Gasteiger charge is 2.25. The van der Waals surface area contributed by atoms with Gasteiger partial charge in [-0.25, -0.2) is 9.37 Å². The molecule has 5 nitrogen and oxygen atoms in total. The molecule has 0 saturated heterocycles. The monoisotopic (exact) mass is 455 g/mol. The van der Waals surface area contributed by atoms with Gasteiger partial charge in [-0.15, -0.1) is 0 Å². The molecule has 5 aromatic rings. The van der Waals surface area contributed by atoms with Gasteiger partial charge in [0, 0.05) is 6.20 Å². The molecule has 0 radical (unpaired) electrons. The predicted octanol–water partition coefficient (Wildman–Crippen LogP) is 6.47. The van der Waals surface area contributed by atoms with Crippen molar-refractivity contribution in [3.63, 3.8) is 0 Å². The van der Waals surface area contributed by atoms with Gasteiger partial charge in [-0.2, -0.15) is 0 Å². The molecule has 33 heavy (non-hydrogen) atoms. The summed E-state index contributed by atoms with van der Waals surface area (Å²) < 4.78 is 20.4. The molecule has 0 spiro atoms. The van der Waals surface area contributed by atoms with Gasteiger partial charge in [0.1, 0.15) is 17.3 Å². The number of pyridine rings is 1. The molecule has 5 rings (SSSR count). The van der Waals surface area contributed by atoms with Crippen LogP contribution in [0.3, 0.4) is 0 Å². The number of anilines is 1. The molecule has 0 aliphatic heterocycles. The van der Waals surface area contributed by atoms with E-state index in [2.05, 4.69) is 9.97 Å². The van der Waals surface area contributed by atoms with Crippen LogP contribution < -0.4 is 9.64 Å². The van der Waals surface area contributed by atoms with Crippen LogP contribution in [0.4, 0.5) is 9.52 Å². The van der Waals surface area contributed by atoms with E-state index < -0.39 is 0 Å². The fourth-order valence-electron chi connectivity index (χ4n) is 3.37. The summed E-state index contributed by atoms with van der Waals surface area (Å²) in [6.07, 6.45) is 1.68. The summed E-state index contributed by atoms with van der Waals surface area (Å²) in [4.78, 5) is 24.3. The van der Waals surface area contributed by atoms with Crippen LogP contribution in [0.25, 0.3) is 10.2 Å². The number of halogens is 1. The van der Waals surface area contributed by atoms with Crippen molar-refractivity contribution < 1.29 is 13.9 Å². The number of para-hydroxylation sites is 2. The second-order valence-corrected chi connectivity index (χ2v) is 8.24. The number of fused-ring (bicyclic) bond motifs is 1. The Balaban J connectivity index is 1.56. The second-order valence-electron chi connectivity index (χ2n) is 7.23. The molecule has 3 aromatic carbocycles. The molecular weight excluding hydrogens is 437 g/mol. The van der Waals surface area contributed by atoms with Gasteiger partial charge in [0.25, 0.3) is 5.91 Å². The molecule has 0 fully saturated rings. The number of hydrogen-bond acceptors (Lipinski definition) is 5. The lowest BCUT2D eigenvalue weighted by atomic mass is 10.1. The average Bonchev–Trinajstić information content (AvgIpc) is 3.27. The average molecular weight is 456 g/mol. The van der Waals surface area contributed by atoms with Crippen LogP contribution in [0.1, 0.15) is 16.1 Å². The molecule has 7 heteroatoms. The van der Waals surface area contributed by atoms with Gasteiger partial charge in [-0.05, 0) is 54.6 Å². The highest BCUT2D eigenvalue weighted by molar-refractivity contribution is 7.22. The minimum Gasteiger partial charge on any atom is -0.457 e. The molecule has 0 atom stereocenters. The first-order valence-electron chi connectivity index (χ1n) is 10.3. The Kier molecular flexibility index (Phi) is 5.78. The first kappa shape index (κ1) is 20.8. The number of thiazole rings is 1. The molecule has 0 bridgehead atoms. The van der Waals surface area contributed by atoms with E-state index in [4.69, 9.17) is 4.74 Å². The first-order valence-corrected chi connectivity index (χ1v) is 11.1. The summed E-state index contributed by atoms with van der Waals surface area (Å²) in [5.74, 6) is 0.435. The van der Waals surface area contributed by atoms with Crippen LogP contribution in [0.5, 0.6) is 11.5 Å². The third-order valence-electron chi connectivity index (χ3n) is 4.95. The molecule has 2 aromatic heterocycles. The smallest absolute Gasteiger partial charge is 0.264 e. The summed E-state index contributed by atoms with van der Waals surface area (Å²) in [6, 6.07) is 26.3. The SMILES string of the molecule is O=C(c1ccccc1Oc1ccccc1)N(Cc1ccccn1)c1nc2ccc(F)cc2s1. The number of rotatable bonds is 6. The number of amides is 1. The van der Waals surface area contributed by atoms with Gasteiger partial charge in [0.05, 0.1) is 28.0 Å². The zero-order valence-electron chi connectivity index (χ0n) is 17.4. The van der Waals surface area contributed by atoms with E-state index in [1.54, 1.807) is 35.4 Å². The lowest BCUT2D eigenvalue weighted by Gasteiger charge is -2.21. The number of benzene rings is 3. The molecule has 0 unspecified atom stereocenters. The molecule has 0 aliphatic carbocycles. The van der Waals surface area contributed by atoms with Crippen molar-refractivity contribution in [2.45, 2.75) is 6.54 Å². The van der Waals surface area contributed by atoms with E-state index >= 15 is 0 Å². The normalized spacial score (nSPS) is 10.8. The Hall–Kier alpha value is -4.10. The highest BCUT2D eigenvalue weighted by atomic mass is 32.1. The standard InChI is InChI=1S/C26H18FN3O2S/c27-18-13-14-22-24(16-18)33-26(29-22)30(17-19-8-6-7-15-28-19)25(31)21-11-4-5-12-23(21)32-20-9-2-1-3-10-20/h1-16H,17H2. The maximum atomic E-state index is 13.8. The predicted molar refractivity (Wildman–Crippen MR) is 127 cm³/mol. The summed E-state index contributed by atoms with van der Waals surface area (Å²) >= 11 is 1.26. The Labute approximate surface area is 193 Å². The number of hydrogen-bond donors (Lipinski definition) is 0. The van der Waals surface area contributed by atoms with Crippen molar-refractivity contribution >= 4 is 32.6 Å². The van der Waals surface area contributed by atoms with Crippen LogP contribution in [-0.4, -0.2) is 15.9 Å². The van der Waals surface area contributed by atoms with E-state index in [9.17, 15) is 9.18 Å². The maximum absolute atomic E-state index is 13.8. The number of carbonyl (C=O) groups is 1. The fourth-order valence-corrected chi connectivity index (χ4v) is 4.36. The lowest BCUT2D eigenvalue weighted by Crippen LogP contribution is -2.31. The second kappa shape index (κ2) is 9.18. The third kappa shape index (κ3) is 4.58. The highest BCUT2D eigenvalue weighted by Crippen LogP contribution is 2.33. The van der Waals surface area contributed by atoms with E-state index in [1.807, 2.05) is 54.6 Å². The minimum absolute atomic E-state index is 0.210. The Morgan fingerprint density at radius 3 is 2.55 bits per heavy atom. The zero-order chi connectivity index (χ0) is 22.6.